The molecule has 0 bridgehead atoms. The molecule has 0 aliphatic carbocycles. The number of carboxylic acid groups (broad SMARTS) is 1. The minimum atomic E-state index is -3.67. The van der Waals surface area contributed by atoms with E-state index in [1.807, 2.05) is 12.2 Å². The van der Waals surface area contributed by atoms with E-state index >= 15 is 0 Å². The SMILES string of the molecule is O=C(O)CCC/C=C\[C@@H]1C[C@@H](NS(=O)(=O)c2ccc(Cl)cc2)CN1Cc1cnccn1. The molecule has 1 aliphatic rings. The van der Waals surface area contributed by atoms with Crippen molar-refractivity contribution in [2.24, 2.45) is 0 Å². The highest BCUT2D eigenvalue weighted by Crippen LogP contribution is 2.23. The summed E-state index contributed by atoms with van der Waals surface area (Å²) < 4.78 is 28.3. The predicted molar refractivity (Wildman–Crippen MR) is 117 cm³/mol. The van der Waals surface area contributed by atoms with Gasteiger partial charge < -0.3 is 5.11 Å². The smallest absolute Gasteiger partial charge is 0.303 e. The van der Waals surface area contributed by atoms with Crippen LogP contribution in [0.25, 0.3) is 0 Å². The van der Waals surface area contributed by atoms with Gasteiger partial charge in [-0.15, -0.1) is 0 Å². The number of aliphatic carboxylic acids is 1. The molecule has 2 aromatic rings. The molecule has 31 heavy (non-hydrogen) atoms. The molecule has 10 heteroatoms. The van der Waals surface area contributed by atoms with Crippen molar-refractivity contribution in [3.8, 4) is 0 Å². The maximum absolute atomic E-state index is 12.8. The lowest BCUT2D eigenvalue weighted by molar-refractivity contribution is -0.137. The van der Waals surface area contributed by atoms with E-state index in [9.17, 15) is 13.2 Å². The zero-order valence-electron chi connectivity index (χ0n) is 16.9. The fourth-order valence-electron chi connectivity index (χ4n) is 3.55. The van der Waals surface area contributed by atoms with E-state index in [2.05, 4.69) is 19.6 Å². The number of hydrogen-bond acceptors (Lipinski definition) is 6. The molecule has 166 valence electrons. The van der Waals surface area contributed by atoms with Crippen molar-refractivity contribution < 1.29 is 18.3 Å². The van der Waals surface area contributed by atoms with E-state index in [1.165, 1.54) is 12.1 Å². The third-order valence-corrected chi connectivity index (χ3v) is 6.79. The van der Waals surface area contributed by atoms with Crippen molar-refractivity contribution in [1.29, 1.82) is 0 Å². The number of aromatic nitrogens is 2. The second-order valence-electron chi connectivity index (χ2n) is 7.42. The Kier molecular flexibility index (Phi) is 8.14. The van der Waals surface area contributed by atoms with Gasteiger partial charge in [0.05, 0.1) is 10.6 Å². The highest BCUT2D eigenvalue weighted by atomic mass is 35.5. The Hall–Kier alpha value is -2.33. The fourth-order valence-corrected chi connectivity index (χ4v) is 4.91. The molecule has 1 fully saturated rings. The summed E-state index contributed by atoms with van der Waals surface area (Å²) >= 11 is 5.86. The Morgan fingerprint density at radius 1 is 1.29 bits per heavy atom. The van der Waals surface area contributed by atoms with Crippen molar-refractivity contribution in [3.63, 3.8) is 0 Å². The lowest BCUT2D eigenvalue weighted by Gasteiger charge is -2.21. The van der Waals surface area contributed by atoms with Crippen molar-refractivity contribution in [2.45, 2.75) is 49.2 Å². The monoisotopic (exact) mass is 464 g/mol. The highest BCUT2D eigenvalue weighted by molar-refractivity contribution is 7.89. The maximum atomic E-state index is 12.8. The number of allylic oxidation sites excluding steroid dienone is 1. The standard InChI is InChI=1S/C21H25ClN4O4S/c22-16-6-8-20(9-7-16)31(29,30)25-17-12-19(4-2-1-3-5-21(27)28)26(14-17)15-18-13-23-10-11-24-18/h2,4,6-11,13,17,19,25H,1,3,5,12,14-15H2,(H,27,28)/b4-2-/t17-,19-/m1/s1. The topological polar surface area (TPSA) is 112 Å². The van der Waals surface area contributed by atoms with Crippen LogP contribution in [0.1, 0.15) is 31.4 Å². The van der Waals surface area contributed by atoms with Gasteiger partial charge >= 0.3 is 5.97 Å². The lowest BCUT2D eigenvalue weighted by atomic mass is 10.1. The molecule has 1 aliphatic heterocycles. The Balaban J connectivity index is 1.68. The Labute approximate surface area is 187 Å². The first-order valence-corrected chi connectivity index (χ1v) is 11.8. The number of unbranched alkanes of at least 4 members (excludes halogenated alkanes) is 1. The summed E-state index contributed by atoms with van der Waals surface area (Å²) in [5.41, 5.74) is 0.799. The minimum Gasteiger partial charge on any atom is -0.481 e. The second-order valence-corrected chi connectivity index (χ2v) is 9.57. The number of nitrogens with zero attached hydrogens (tertiary/aromatic N) is 3. The molecular formula is C21H25ClN4O4S. The van der Waals surface area contributed by atoms with Gasteiger partial charge in [-0.2, -0.15) is 0 Å². The Bertz CT molecular complexity index is 1000. The first-order valence-electron chi connectivity index (χ1n) is 9.99. The summed E-state index contributed by atoms with van der Waals surface area (Å²) in [6.45, 7) is 1.06. The third-order valence-electron chi connectivity index (χ3n) is 5.00. The zero-order valence-corrected chi connectivity index (χ0v) is 18.5. The summed E-state index contributed by atoms with van der Waals surface area (Å²) in [6, 6.07) is 5.80. The predicted octanol–water partition coefficient (Wildman–Crippen LogP) is 2.86. The number of carbonyl (C=O) groups is 1. The van der Waals surface area contributed by atoms with Crippen LogP contribution in [0, 0.1) is 0 Å². The summed E-state index contributed by atoms with van der Waals surface area (Å²) in [6.07, 6.45) is 10.9. The number of rotatable bonds is 10. The molecule has 0 amide bonds. The summed E-state index contributed by atoms with van der Waals surface area (Å²) in [4.78, 5) is 21.4. The number of nitrogens with one attached hydrogen (secondary N) is 1. The number of carboxylic acids is 1. The molecule has 2 N–H and O–H groups in total. The average Bonchev–Trinajstić information content (AvgIpc) is 3.08. The molecule has 2 heterocycles. The van der Waals surface area contributed by atoms with Crippen LogP contribution in [0.15, 0.2) is 59.9 Å². The molecular weight excluding hydrogens is 440 g/mol. The van der Waals surface area contributed by atoms with Crippen LogP contribution < -0.4 is 4.72 Å². The van der Waals surface area contributed by atoms with Crippen molar-refractivity contribution in [2.75, 3.05) is 6.54 Å². The van der Waals surface area contributed by atoms with Crippen LogP contribution >= 0.6 is 11.6 Å². The van der Waals surface area contributed by atoms with Crippen molar-refractivity contribution >= 4 is 27.6 Å². The van der Waals surface area contributed by atoms with Gasteiger partial charge in [0.15, 0.2) is 0 Å². The fraction of sp³-hybridized carbons (Fsp3) is 0.381. The first-order chi connectivity index (χ1) is 14.8. The Morgan fingerprint density at radius 3 is 2.74 bits per heavy atom. The van der Waals surface area contributed by atoms with Crippen molar-refractivity contribution in [3.05, 3.63) is 65.7 Å². The van der Waals surface area contributed by atoms with Crippen LogP contribution in [0.4, 0.5) is 0 Å². The molecule has 1 saturated heterocycles. The summed E-state index contributed by atoms with van der Waals surface area (Å²) in [5.74, 6) is -0.810. The molecule has 0 spiro atoms. The van der Waals surface area contributed by atoms with Crippen LogP contribution in [-0.2, 0) is 21.4 Å². The summed E-state index contributed by atoms with van der Waals surface area (Å²) in [7, 11) is -3.67. The van der Waals surface area contributed by atoms with Gasteiger partial charge in [0.2, 0.25) is 10.0 Å². The lowest BCUT2D eigenvalue weighted by Crippen LogP contribution is -2.37. The van der Waals surface area contributed by atoms with E-state index in [0.29, 0.717) is 37.4 Å². The number of hydrogen-bond donors (Lipinski definition) is 2. The molecule has 1 aromatic heterocycles. The third kappa shape index (κ3) is 7.10. The van der Waals surface area contributed by atoms with Gasteiger partial charge in [0.1, 0.15) is 0 Å². The number of halogens is 1. The van der Waals surface area contributed by atoms with E-state index in [-0.39, 0.29) is 23.4 Å². The first kappa shape index (κ1) is 23.3. The molecule has 1 aromatic carbocycles. The van der Waals surface area contributed by atoms with Gasteiger partial charge in [-0.05, 0) is 43.5 Å². The zero-order chi connectivity index (χ0) is 22.3. The van der Waals surface area contributed by atoms with E-state index in [0.717, 1.165) is 5.69 Å². The van der Waals surface area contributed by atoms with Crippen LogP contribution in [0.5, 0.6) is 0 Å². The normalized spacial score (nSPS) is 19.8. The number of likely N-dealkylation sites (tertiary alicyclic amines) is 1. The largest absolute Gasteiger partial charge is 0.481 e. The maximum Gasteiger partial charge on any atom is 0.303 e. The van der Waals surface area contributed by atoms with Crippen LogP contribution in [-0.4, -0.2) is 53.0 Å². The van der Waals surface area contributed by atoms with Gasteiger partial charge in [0, 0.05) is 55.2 Å². The van der Waals surface area contributed by atoms with Gasteiger partial charge in [-0.25, -0.2) is 13.1 Å². The average molecular weight is 465 g/mol. The molecule has 0 unspecified atom stereocenters. The van der Waals surface area contributed by atoms with E-state index in [4.69, 9.17) is 16.7 Å². The second kappa shape index (κ2) is 10.8. The minimum absolute atomic E-state index is 0.00440. The highest BCUT2D eigenvalue weighted by Gasteiger charge is 2.33. The molecule has 2 atom stereocenters. The van der Waals surface area contributed by atoms with Crippen molar-refractivity contribution in [1.82, 2.24) is 19.6 Å². The number of sulfonamides is 1. The van der Waals surface area contributed by atoms with E-state index < -0.39 is 16.0 Å². The van der Waals surface area contributed by atoms with Gasteiger partial charge in [0.25, 0.3) is 0 Å². The van der Waals surface area contributed by atoms with Gasteiger partial charge in [-0.1, -0.05) is 23.8 Å². The van der Waals surface area contributed by atoms with E-state index in [1.54, 1.807) is 30.7 Å². The quantitative estimate of drug-likeness (QED) is 0.410. The molecule has 0 radical (unpaired) electrons. The van der Waals surface area contributed by atoms with Gasteiger partial charge in [-0.3, -0.25) is 19.7 Å². The molecule has 3 rings (SSSR count). The molecule has 0 saturated carbocycles. The van der Waals surface area contributed by atoms with Crippen LogP contribution in [0.3, 0.4) is 0 Å². The number of benzene rings is 1. The Morgan fingerprint density at radius 2 is 2.06 bits per heavy atom. The van der Waals surface area contributed by atoms with Crippen LogP contribution in [0.2, 0.25) is 5.02 Å². The molecule has 8 nitrogen and oxygen atoms in total. The summed E-state index contributed by atoms with van der Waals surface area (Å²) in [5, 5.41) is 9.24.